The van der Waals surface area contributed by atoms with Gasteiger partial charge in [-0.15, -0.1) is 0 Å². The van der Waals surface area contributed by atoms with Crippen LogP contribution in [0, 0.1) is 5.92 Å². The lowest BCUT2D eigenvalue weighted by Crippen LogP contribution is -2.22. The number of hydrogen-bond acceptors (Lipinski definition) is 1. The summed E-state index contributed by atoms with van der Waals surface area (Å²) in [4.78, 5) is 0. The topological polar surface area (TPSA) is 26.0 Å². The lowest BCUT2D eigenvalue weighted by atomic mass is 9.89. The van der Waals surface area contributed by atoms with E-state index in [0.717, 1.165) is 16.4 Å². The predicted molar refractivity (Wildman–Crippen MR) is 48.8 cm³/mol. The molecule has 54 valence electrons. The van der Waals surface area contributed by atoms with Crippen LogP contribution in [0.25, 0.3) is 0 Å². The highest BCUT2D eigenvalue weighted by Crippen LogP contribution is 2.28. The molecule has 0 heterocycles. The van der Waals surface area contributed by atoms with Crippen molar-refractivity contribution in [2.45, 2.75) is 29.6 Å². The van der Waals surface area contributed by atoms with Crippen molar-refractivity contribution in [3.05, 3.63) is 0 Å². The molecule has 0 aromatic heterocycles. The van der Waals surface area contributed by atoms with Crippen molar-refractivity contribution < 1.29 is 0 Å². The monoisotopic (exact) mass is 239 g/mol. The third-order valence-corrected chi connectivity index (χ3v) is 3.18. The first-order valence-electron chi connectivity index (χ1n) is 3.67. The summed E-state index contributed by atoms with van der Waals surface area (Å²) in [6.45, 7) is 0.902. The third-order valence-electron chi connectivity index (χ3n) is 2.05. The van der Waals surface area contributed by atoms with Crippen LogP contribution in [0.2, 0.25) is 0 Å². The Balaban J connectivity index is 2.23. The molecule has 0 aromatic carbocycles. The van der Waals surface area contributed by atoms with Crippen LogP contribution < -0.4 is 5.73 Å². The number of hydrogen-bond donors (Lipinski definition) is 1. The molecule has 1 aliphatic carbocycles. The molecule has 0 radical (unpaired) electrons. The quantitative estimate of drug-likeness (QED) is 0.549. The van der Waals surface area contributed by atoms with Gasteiger partial charge in [-0.2, -0.15) is 0 Å². The molecule has 0 unspecified atom stereocenters. The van der Waals surface area contributed by atoms with Gasteiger partial charge in [0.2, 0.25) is 0 Å². The summed E-state index contributed by atoms with van der Waals surface area (Å²) in [7, 11) is 0. The Morgan fingerprint density at radius 3 is 2.67 bits per heavy atom. The highest BCUT2D eigenvalue weighted by molar-refractivity contribution is 14.1. The second kappa shape index (κ2) is 3.76. The normalized spacial score (nSPS) is 36.7. The summed E-state index contributed by atoms with van der Waals surface area (Å²) in [6.07, 6.45) is 5.54. The zero-order valence-electron chi connectivity index (χ0n) is 5.65. The standard InChI is InChI=1S/C7H14IN/c8-7-3-1-2-6(4-7)5-9/h6-7H,1-5,9H2/t6-,7-/m1/s1. The Labute approximate surface area is 70.5 Å². The third kappa shape index (κ3) is 2.42. The van der Waals surface area contributed by atoms with Crippen LogP contribution in [-0.2, 0) is 0 Å². The highest BCUT2D eigenvalue weighted by atomic mass is 127. The first-order valence-corrected chi connectivity index (χ1v) is 4.91. The van der Waals surface area contributed by atoms with Gasteiger partial charge in [0.05, 0.1) is 0 Å². The van der Waals surface area contributed by atoms with Crippen LogP contribution in [0.1, 0.15) is 25.7 Å². The van der Waals surface area contributed by atoms with Gasteiger partial charge in [0.1, 0.15) is 0 Å². The molecule has 1 rings (SSSR count). The number of rotatable bonds is 1. The Hall–Kier alpha value is 0.690. The Bertz CT molecular complexity index is 85.0. The van der Waals surface area contributed by atoms with E-state index in [9.17, 15) is 0 Å². The summed E-state index contributed by atoms with van der Waals surface area (Å²) >= 11 is 2.54. The van der Waals surface area contributed by atoms with Crippen molar-refractivity contribution in [3.63, 3.8) is 0 Å². The fourth-order valence-corrected chi connectivity index (χ4v) is 2.60. The number of nitrogens with two attached hydrogens (primary N) is 1. The second-order valence-electron chi connectivity index (χ2n) is 2.87. The van der Waals surface area contributed by atoms with Crippen LogP contribution in [0.15, 0.2) is 0 Å². The minimum Gasteiger partial charge on any atom is -0.330 e. The fraction of sp³-hybridized carbons (Fsp3) is 1.00. The molecule has 1 nitrogen and oxygen atoms in total. The van der Waals surface area contributed by atoms with Gasteiger partial charge < -0.3 is 5.73 Å². The lowest BCUT2D eigenvalue weighted by Gasteiger charge is -2.23. The van der Waals surface area contributed by atoms with E-state index < -0.39 is 0 Å². The van der Waals surface area contributed by atoms with Crippen molar-refractivity contribution >= 4 is 22.6 Å². The molecule has 1 fully saturated rings. The van der Waals surface area contributed by atoms with Gasteiger partial charge in [-0.1, -0.05) is 29.0 Å². The SMILES string of the molecule is NC[C@@H]1CCC[C@@H](I)C1. The fourth-order valence-electron chi connectivity index (χ4n) is 1.44. The van der Waals surface area contributed by atoms with E-state index in [-0.39, 0.29) is 0 Å². The molecular formula is C7H14IN. The largest absolute Gasteiger partial charge is 0.330 e. The molecule has 1 aliphatic rings. The average molecular weight is 239 g/mol. The molecule has 1 saturated carbocycles. The molecule has 2 atom stereocenters. The highest BCUT2D eigenvalue weighted by Gasteiger charge is 2.17. The summed E-state index contributed by atoms with van der Waals surface area (Å²) in [5.74, 6) is 0.834. The van der Waals surface area contributed by atoms with Crippen molar-refractivity contribution in [2.24, 2.45) is 11.7 Å². The van der Waals surface area contributed by atoms with Gasteiger partial charge in [-0.05, 0) is 31.7 Å². The maximum atomic E-state index is 5.56. The van der Waals surface area contributed by atoms with E-state index in [0.29, 0.717) is 0 Å². The van der Waals surface area contributed by atoms with Gasteiger partial charge in [0.25, 0.3) is 0 Å². The van der Waals surface area contributed by atoms with Gasteiger partial charge in [-0.25, -0.2) is 0 Å². The van der Waals surface area contributed by atoms with Crippen molar-refractivity contribution in [1.82, 2.24) is 0 Å². The van der Waals surface area contributed by atoms with E-state index >= 15 is 0 Å². The predicted octanol–water partition coefficient (Wildman–Crippen LogP) is 1.94. The van der Waals surface area contributed by atoms with Crippen molar-refractivity contribution in [1.29, 1.82) is 0 Å². The minimum absolute atomic E-state index is 0.834. The first-order chi connectivity index (χ1) is 4.33. The van der Waals surface area contributed by atoms with Crippen LogP contribution >= 0.6 is 22.6 Å². The Morgan fingerprint density at radius 1 is 1.44 bits per heavy atom. The van der Waals surface area contributed by atoms with Crippen LogP contribution in [0.3, 0.4) is 0 Å². The van der Waals surface area contributed by atoms with Crippen LogP contribution in [0.5, 0.6) is 0 Å². The van der Waals surface area contributed by atoms with Gasteiger partial charge in [0.15, 0.2) is 0 Å². The number of halogens is 1. The molecular weight excluding hydrogens is 225 g/mol. The Kier molecular flexibility index (Phi) is 3.26. The van der Waals surface area contributed by atoms with Crippen molar-refractivity contribution in [2.75, 3.05) is 6.54 Å². The molecule has 0 amide bonds. The Morgan fingerprint density at radius 2 is 2.22 bits per heavy atom. The molecule has 0 saturated heterocycles. The van der Waals surface area contributed by atoms with Gasteiger partial charge in [0, 0.05) is 3.92 Å². The molecule has 9 heavy (non-hydrogen) atoms. The number of alkyl halides is 1. The summed E-state index contributed by atoms with van der Waals surface area (Å²) in [5, 5.41) is 0. The van der Waals surface area contributed by atoms with E-state index in [1.54, 1.807) is 0 Å². The average Bonchev–Trinajstić information content (AvgIpc) is 1.88. The zero-order chi connectivity index (χ0) is 6.69. The first kappa shape index (κ1) is 7.79. The van der Waals surface area contributed by atoms with E-state index in [4.69, 9.17) is 5.73 Å². The molecule has 0 aromatic rings. The molecule has 0 bridgehead atoms. The zero-order valence-corrected chi connectivity index (χ0v) is 7.80. The molecule has 2 heteroatoms. The van der Waals surface area contributed by atoms with Crippen molar-refractivity contribution in [3.8, 4) is 0 Å². The van der Waals surface area contributed by atoms with E-state index in [2.05, 4.69) is 22.6 Å². The maximum Gasteiger partial charge on any atom is 0.0113 e. The van der Waals surface area contributed by atoms with E-state index in [1.165, 1.54) is 25.7 Å². The molecule has 2 N–H and O–H groups in total. The smallest absolute Gasteiger partial charge is 0.0113 e. The van der Waals surface area contributed by atoms with E-state index in [1.807, 2.05) is 0 Å². The summed E-state index contributed by atoms with van der Waals surface area (Å²) in [5.41, 5.74) is 5.56. The summed E-state index contributed by atoms with van der Waals surface area (Å²) < 4.78 is 0.907. The van der Waals surface area contributed by atoms with Gasteiger partial charge >= 0.3 is 0 Å². The maximum absolute atomic E-state index is 5.56. The van der Waals surface area contributed by atoms with Gasteiger partial charge in [-0.3, -0.25) is 0 Å². The van der Waals surface area contributed by atoms with Crippen LogP contribution in [-0.4, -0.2) is 10.5 Å². The minimum atomic E-state index is 0.834. The molecule has 0 spiro atoms. The second-order valence-corrected chi connectivity index (χ2v) is 4.63. The summed E-state index contributed by atoms with van der Waals surface area (Å²) in [6, 6.07) is 0. The van der Waals surface area contributed by atoms with Crippen LogP contribution in [0.4, 0.5) is 0 Å². The molecule has 0 aliphatic heterocycles. The lowest BCUT2D eigenvalue weighted by molar-refractivity contribution is 0.382.